The highest BCUT2D eigenvalue weighted by molar-refractivity contribution is 6.31. The number of benzene rings is 1. The number of anilines is 2. The summed E-state index contributed by atoms with van der Waals surface area (Å²) in [7, 11) is 0. The summed E-state index contributed by atoms with van der Waals surface area (Å²) in [6.07, 6.45) is 1.27. The van der Waals surface area contributed by atoms with Crippen LogP contribution in [0.5, 0.6) is 0 Å². The van der Waals surface area contributed by atoms with E-state index in [0.29, 0.717) is 28.6 Å². The van der Waals surface area contributed by atoms with Crippen LogP contribution in [0.25, 0.3) is 0 Å². The molecule has 0 aliphatic heterocycles. The number of hydrogen-bond donors (Lipinski definition) is 4. The van der Waals surface area contributed by atoms with Crippen LogP contribution in [0.15, 0.2) is 40.6 Å². The summed E-state index contributed by atoms with van der Waals surface area (Å²) in [5, 5.41) is 5.45. The summed E-state index contributed by atoms with van der Waals surface area (Å²) in [5.41, 5.74) is 12.0. The highest BCUT2D eigenvalue weighted by Crippen LogP contribution is 2.23. The number of aryl methyl sites for hydroxylation is 1. The average Bonchev–Trinajstić information content (AvgIpc) is 2.89. The molecule has 2 rings (SSSR count). The van der Waals surface area contributed by atoms with E-state index in [2.05, 4.69) is 10.6 Å². The van der Waals surface area contributed by atoms with Crippen LogP contribution in [0.2, 0.25) is 5.02 Å². The van der Waals surface area contributed by atoms with Gasteiger partial charge >= 0.3 is 0 Å². The third kappa shape index (κ3) is 4.17. The van der Waals surface area contributed by atoms with E-state index >= 15 is 0 Å². The maximum absolute atomic E-state index is 13.1. The molecule has 1 amide bonds. The summed E-state index contributed by atoms with van der Waals surface area (Å²) < 4.78 is 18.5. The van der Waals surface area contributed by atoms with Gasteiger partial charge in [0.1, 0.15) is 11.6 Å². The van der Waals surface area contributed by atoms with E-state index in [1.54, 1.807) is 13.0 Å². The van der Waals surface area contributed by atoms with E-state index in [1.807, 2.05) is 0 Å². The van der Waals surface area contributed by atoms with Crippen LogP contribution in [0, 0.1) is 12.7 Å². The fourth-order valence-electron chi connectivity index (χ4n) is 1.82. The van der Waals surface area contributed by atoms with Gasteiger partial charge < -0.3 is 26.5 Å². The van der Waals surface area contributed by atoms with E-state index < -0.39 is 11.7 Å². The van der Waals surface area contributed by atoms with Crippen molar-refractivity contribution in [1.29, 1.82) is 0 Å². The first-order valence-corrected chi connectivity index (χ1v) is 7.05. The number of hydrogen-bond acceptors (Lipinski definition) is 5. The number of carbonyl (C=O) groups is 1. The van der Waals surface area contributed by atoms with Gasteiger partial charge in [0.15, 0.2) is 5.88 Å². The number of amides is 1. The number of rotatable bonds is 5. The van der Waals surface area contributed by atoms with Crippen molar-refractivity contribution in [3.63, 3.8) is 0 Å². The fourth-order valence-corrected chi connectivity index (χ4v) is 2.00. The van der Waals surface area contributed by atoms with Crippen molar-refractivity contribution in [2.45, 2.75) is 6.92 Å². The lowest BCUT2D eigenvalue weighted by atomic mass is 10.2. The zero-order chi connectivity index (χ0) is 17.0. The second kappa shape index (κ2) is 7.06. The summed E-state index contributed by atoms with van der Waals surface area (Å²) >= 11 is 5.68. The van der Waals surface area contributed by atoms with Gasteiger partial charge in [-0.1, -0.05) is 11.6 Å². The minimum absolute atomic E-state index is 0.0712. The SMILES string of the molecule is Cc1oc(NC/C(N)=C/N)cc1C(=O)Nc1ccc(F)c(Cl)c1. The van der Waals surface area contributed by atoms with Crippen molar-refractivity contribution in [3.05, 3.63) is 58.3 Å². The number of nitrogens with one attached hydrogen (secondary N) is 2. The first-order chi connectivity index (χ1) is 10.9. The fraction of sp³-hybridized carbons (Fsp3) is 0.133. The lowest BCUT2D eigenvalue weighted by Crippen LogP contribution is -2.13. The number of nitrogens with two attached hydrogens (primary N) is 2. The third-order valence-electron chi connectivity index (χ3n) is 3.02. The highest BCUT2D eigenvalue weighted by atomic mass is 35.5. The van der Waals surface area contributed by atoms with Gasteiger partial charge in [-0.3, -0.25) is 4.79 Å². The molecule has 6 nitrogen and oxygen atoms in total. The Hall–Kier alpha value is -2.67. The second-order valence-electron chi connectivity index (χ2n) is 4.76. The van der Waals surface area contributed by atoms with Crippen LogP contribution < -0.4 is 22.1 Å². The molecule has 0 fully saturated rings. The molecule has 0 radical (unpaired) electrons. The molecule has 122 valence electrons. The lowest BCUT2D eigenvalue weighted by molar-refractivity contribution is 0.102. The standard InChI is InChI=1S/C15H16ClFN4O2/c1-8-11(5-14(23-8)20-7-9(19)6-18)15(22)21-10-2-3-13(17)12(16)4-10/h2-6,20H,7,18-19H2,1H3,(H,21,22)/b9-6-. The van der Waals surface area contributed by atoms with E-state index in [4.69, 9.17) is 27.5 Å². The highest BCUT2D eigenvalue weighted by Gasteiger charge is 2.15. The molecule has 0 aliphatic rings. The molecule has 8 heteroatoms. The molecule has 0 atom stereocenters. The van der Waals surface area contributed by atoms with Gasteiger partial charge in [-0.15, -0.1) is 0 Å². The van der Waals surface area contributed by atoms with Crippen molar-refractivity contribution in [2.75, 3.05) is 17.2 Å². The van der Waals surface area contributed by atoms with Gasteiger partial charge in [0.05, 0.1) is 17.1 Å². The molecule has 2 aromatic rings. The van der Waals surface area contributed by atoms with Crippen LogP contribution in [0.1, 0.15) is 16.1 Å². The Bertz CT molecular complexity index is 758. The minimum Gasteiger partial charge on any atom is -0.445 e. The zero-order valence-electron chi connectivity index (χ0n) is 12.3. The molecule has 1 aromatic heterocycles. The average molecular weight is 339 g/mol. The molecule has 0 spiro atoms. The Kier molecular flexibility index (Phi) is 5.13. The summed E-state index contributed by atoms with van der Waals surface area (Å²) in [4.78, 5) is 12.2. The van der Waals surface area contributed by atoms with Gasteiger partial charge in [-0.05, 0) is 25.1 Å². The van der Waals surface area contributed by atoms with Crippen LogP contribution in [-0.2, 0) is 0 Å². The molecular formula is C15H16ClFN4O2. The number of carbonyl (C=O) groups excluding carboxylic acids is 1. The smallest absolute Gasteiger partial charge is 0.259 e. The predicted molar refractivity (Wildman–Crippen MR) is 87.8 cm³/mol. The molecule has 6 N–H and O–H groups in total. The monoisotopic (exact) mass is 338 g/mol. The molecule has 1 heterocycles. The largest absolute Gasteiger partial charge is 0.445 e. The minimum atomic E-state index is -0.554. The molecule has 1 aromatic carbocycles. The quantitative estimate of drug-likeness (QED) is 0.670. The maximum atomic E-state index is 13.1. The molecule has 0 saturated carbocycles. The van der Waals surface area contributed by atoms with Crippen molar-refractivity contribution in [1.82, 2.24) is 0 Å². The molecule has 0 unspecified atom stereocenters. The zero-order valence-corrected chi connectivity index (χ0v) is 13.1. The topological polar surface area (TPSA) is 106 Å². The first-order valence-electron chi connectivity index (χ1n) is 6.67. The van der Waals surface area contributed by atoms with Crippen molar-refractivity contribution in [3.8, 4) is 0 Å². The Morgan fingerprint density at radius 2 is 2.17 bits per heavy atom. The Morgan fingerprint density at radius 1 is 1.43 bits per heavy atom. The van der Waals surface area contributed by atoms with Gasteiger partial charge in [0.2, 0.25) is 0 Å². The van der Waals surface area contributed by atoms with Gasteiger partial charge in [-0.2, -0.15) is 0 Å². The van der Waals surface area contributed by atoms with Crippen LogP contribution in [0.3, 0.4) is 0 Å². The molecule has 0 bridgehead atoms. The van der Waals surface area contributed by atoms with Crippen molar-refractivity contribution in [2.24, 2.45) is 11.5 Å². The normalized spacial score (nSPS) is 11.3. The summed E-state index contributed by atoms with van der Waals surface area (Å²) in [6.45, 7) is 1.94. The van der Waals surface area contributed by atoms with Gasteiger partial charge in [0, 0.05) is 23.7 Å². The summed E-state index contributed by atoms with van der Waals surface area (Å²) in [6, 6.07) is 5.46. The first kappa shape index (κ1) is 16.7. The van der Waals surface area contributed by atoms with Crippen LogP contribution >= 0.6 is 11.6 Å². The summed E-state index contributed by atoms with van der Waals surface area (Å²) in [5.74, 6) is -0.145. The number of furan rings is 1. The maximum Gasteiger partial charge on any atom is 0.259 e. The predicted octanol–water partition coefficient (Wildman–Crippen LogP) is 2.80. The lowest BCUT2D eigenvalue weighted by Gasteiger charge is -2.05. The molecule has 23 heavy (non-hydrogen) atoms. The number of halogens is 2. The molecule has 0 saturated heterocycles. The molecule has 0 aliphatic carbocycles. The van der Waals surface area contributed by atoms with Crippen molar-refractivity contribution >= 4 is 29.1 Å². The third-order valence-corrected chi connectivity index (χ3v) is 3.31. The Balaban J connectivity index is 2.10. The van der Waals surface area contributed by atoms with Gasteiger partial charge in [-0.25, -0.2) is 4.39 Å². The Labute approximate surface area is 137 Å². The van der Waals surface area contributed by atoms with Gasteiger partial charge in [0.25, 0.3) is 5.91 Å². The second-order valence-corrected chi connectivity index (χ2v) is 5.17. The van der Waals surface area contributed by atoms with Crippen LogP contribution in [-0.4, -0.2) is 12.5 Å². The van der Waals surface area contributed by atoms with E-state index in [0.717, 1.165) is 0 Å². The molecular weight excluding hydrogens is 323 g/mol. The van der Waals surface area contributed by atoms with E-state index in [1.165, 1.54) is 24.4 Å². The van der Waals surface area contributed by atoms with E-state index in [-0.39, 0.29) is 11.6 Å². The Morgan fingerprint density at radius 3 is 2.83 bits per heavy atom. The van der Waals surface area contributed by atoms with Crippen LogP contribution in [0.4, 0.5) is 16.0 Å². The van der Waals surface area contributed by atoms with Crippen molar-refractivity contribution < 1.29 is 13.6 Å². The van der Waals surface area contributed by atoms with E-state index in [9.17, 15) is 9.18 Å².